The fourth-order valence-electron chi connectivity index (χ4n) is 4.92. The van der Waals surface area contributed by atoms with Crippen molar-refractivity contribution < 1.29 is 9.53 Å². The standard InChI is InChI=1S/C26H26Cl2N4O2/c1-34-16-26-25(15-33)31(13-17-2-4-21-22(28)6-7-29-24(21)10-17)8-9-32(26)14-20-12-18-11-19(27)3-5-23(18)30-20/h2-7,10-12,15,25-26,30H,8-9,13-14,16H2,1H3. The molecule has 2 aromatic carbocycles. The molecule has 1 aliphatic rings. The molecule has 176 valence electrons. The number of fused-ring (bicyclic) bond motifs is 2. The van der Waals surface area contributed by atoms with E-state index in [2.05, 4.69) is 38.0 Å². The first-order valence-corrected chi connectivity index (χ1v) is 12.0. The van der Waals surface area contributed by atoms with E-state index in [9.17, 15) is 4.79 Å². The van der Waals surface area contributed by atoms with Crippen LogP contribution in [-0.4, -0.2) is 64.9 Å². The lowest BCUT2D eigenvalue weighted by Crippen LogP contribution is -2.61. The zero-order chi connectivity index (χ0) is 23.7. The largest absolute Gasteiger partial charge is 0.383 e. The highest BCUT2D eigenvalue weighted by molar-refractivity contribution is 6.35. The molecule has 1 N–H and O–H groups in total. The Morgan fingerprint density at radius 1 is 1.09 bits per heavy atom. The Bertz CT molecular complexity index is 1320. The summed E-state index contributed by atoms with van der Waals surface area (Å²) in [7, 11) is 1.68. The lowest BCUT2D eigenvalue weighted by Gasteiger charge is -2.45. The van der Waals surface area contributed by atoms with Crippen LogP contribution in [0, 0.1) is 0 Å². The molecule has 1 fully saturated rings. The molecule has 4 aromatic rings. The minimum absolute atomic E-state index is 0.0562. The topological polar surface area (TPSA) is 61.5 Å². The van der Waals surface area contributed by atoms with Crippen LogP contribution in [0.15, 0.2) is 54.7 Å². The average molecular weight is 497 g/mol. The van der Waals surface area contributed by atoms with Gasteiger partial charge in [0.25, 0.3) is 0 Å². The lowest BCUT2D eigenvalue weighted by molar-refractivity contribution is -0.120. The maximum Gasteiger partial charge on any atom is 0.138 e. The van der Waals surface area contributed by atoms with E-state index in [-0.39, 0.29) is 12.1 Å². The smallest absolute Gasteiger partial charge is 0.138 e. The molecule has 0 spiro atoms. The van der Waals surface area contributed by atoms with Gasteiger partial charge < -0.3 is 14.5 Å². The van der Waals surface area contributed by atoms with Gasteiger partial charge in [0.1, 0.15) is 6.29 Å². The molecule has 0 radical (unpaired) electrons. The number of nitrogens with one attached hydrogen (secondary N) is 1. The number of ether oxygens (including phenoxy) is 1. The van der Waals surface area contributed by atoms with Crippen molar-refractivity contribution in [3.05, 3.63) is 76.0 Å². The van der Waals surface area contributed by atoms with Gasteiger partial charge in [0.05, 0.1) is 29.2 Å². The summed E-state index contributed by atoms with van der Waals surface area (Å²) in [5.74, 6) is 0. The van der Waals surface area contributed by atoms with Crippen molar-refractivity contribution in [1.29, 1.82) is 0 Å². The second-order valence-electron chi connectivity index (χ2n) is 8.76. The van der Waals surface area contributed by atoms with Gasteiger partial charge in [-0.2, -0.15) is 0 Å². The fraction of sp³-hybridized carbons (Fsp3) is 0.308. The van der Waals surface area contributed by atoms with Crippen LogP contribution >= 0.6 is 23.2 Å². The Kier molecular flexibility index (Phi) is 6.86. The number of benzene rings is 2. The molecule has 1 aliphatic heterocycles. The van der Waals surface area contributed by atoms with Crippen LogP contribution in [0.1, 0.15) is 11.3 Å². The number of aldehydes is 1. The van der Waals surface area contributed by atoms with Crippen molar-refractivity contribution in [2.24, 2.45) is 0 Å². The molecule has 0 saturated carbocycles. The highest BCUT2D eigenvalue weighted by atomic mass is 35.5. The Morgan fingerprint density at radius 3 is 2.76 bits per heavy atom. The lowest BCUT2D eigenvalue weighted by atomic mass is 10.0. The average Bonchev–Trinajstić information content (AvgIpc) is 3.22. The second-order valence-corrected chi connectivity index (χ2v) is 9.60. The minimum Gasteiger partial charge on any atom is -0.383 e. The van der Waals surface area contributed by atoms with Crippen LogP contribution in [0.4, 0.5) is 0 Å². The minimum atomic E-state index is -0.282. The van der Waals surface area contributed by atoms with Crippen LogP contribution in [0.2, 0.25) is 10.0 Å². The molecule has 1 saturated heterocycles. The molecule has 0 aliphatic carbocycles. The van der Waals surface area contributed by atoms with E-state index in [0.29, 0.717) is 24.7 Å². The number of pyridine rings is 1. The summed E-state index contributed by atoms with van der Waals surface area (Å²) in [5, 5.41) is 3.43. The number of hydrogen-bond acceptors (Lipinski definition) is 5. The van der Waals surface area contributed by atoms with E-state index >= 15 is 0 Å². The van der Waals surface area contributed by atoms with Crippen molar-refractivity contribution in [3.63, 3.8) is 0 Å². The molecule has 6 nitrogen and oxygen atoms in total. The van der Waals surface area contributed by atoms with Gasteiger partial charge in [-0.05, 0) is 42.0 Å². The first kappa shape index (κ1) is 23.3. The van der Waals surface area contributed by atoms with Gasteiger partial charge >= 0.3 is 0 Å². The van der Waals surface area contributed by atoms with Crippen LogP contribution < -0.4 is 0 Å². The van der Waals surface area contributed by atoms with E-state index in [1.165, 1.54) is 0 Å². The van der Waals surface area contributed by atoms with Crippen LogP contribution in [-0.2, 0) is 22.6 Å². The Labute approximate surface area is 208 Å². The van der Waals surface area contributed by atoms with Gasteiger partial charge in [0, 0.05) is 66.5 Å². The van der Waals surface area contributed by atoms with Crippen molar-refractivity contribution in [3.8, 4) is 0 Å². The molecular formula is C26H26Cl2N4O2. The number of rotatable bonds is 7. The van der Waals surface area contributed by atoms with E-state index in [1.54, 1.807) is 19.4 Å². The predicted octanol–water partition coefficient (Wildman–Crippen LogP) is 4.92. The Hall–Kier alpha value is -2.48. The van der Waals surface area contributed by atoms with Crippen molar-refractivity contribution in [1.82, 2.24) is 19.8 Å². The van der Waals surface area contributed by atoms with Crippen LogP contribution in [0.5, 0.6) is 0 Å². The summed E-state index contributed by atoms with van der Waals surface area (Å²) >= 11 is 12.4. The van der Waals surface area contributed by atoms with Crippen LogP contribution in [0.3, 0.4) is 0 Å². The van der Waals surface area contributed by atoms with Gasteiger partial charge in [0.2, 0.25) is 0 Å². The number of halogens is 2. The number of carbonyl (C=O) groups is 1. The molecule has 2 unspecified atom stereocenters. The number of methoxy groups -OCH3 is 1. The first-order valence-electron chi connectivity index (χ1n) is 11.3. The first-order chi connectivity index (χ1) is 16.6. The molecule has 8 heteroatoms. The number of carbonyl (C=O) groups excluding carboxylic acids is 1. The number of aromatic nitrogens is 2. The molecule has 2 atom stereocenters. The molecule has 34 heavy (non-hydrogen) atoms. The molecule has 3 heterocycles. The van der Waals surface area contributed by atoms with Gasteiger partial charge in [-0.25, -0.2) is 0 Å². The summed E-state index contributed by atoms with van der Waals surface area (Å²) in [6.07, 6.45) is 2.77. The zero-order valence-corrected chi connectivity index (χ0v) is 20.4. The molecule has 0 amide bonds. The summed E-state index contributed by atoms with van der Waals surface area (Å²) < 4.78 is 5.55. The Balaban J connectivity index is 1.35. The quantitative estimate of drug-likeness (QED) is 0.367. The van der Waals surface area contributed by atoms with E-state index in [1.807, 2.05) is 24.3 Å². The Morgan fingerprint density at radius 2 is 1.94 bits per heavy atom. The number of nitrogens with zero attached hydrogens (tertiary/aromatic N) is 3. The summed E-state index contributed by atoms with van der Waals surface area (Å²) in [6.45, 7) is 3.44. The molecular weight excluding hydrogens is 471 g/mol. The second kappa shape index (κ2) is 10.0. The van der Waals surface area contributed by atoms with Gasteiger partial charge in [-0.15, -0.1) is 0 Å². The summed E-state index contributed by atoms with van der Waals surface area (Å²) in [4.78, 5) is 24.8. The fourth-order valence-corrected chi connectivity index (χ4v) is 5.32. The predicted molar refractivity (Wildman–Crippen MR) is 136 cm³/mol. The number of hydrogen-bond donors (Lipinski definition) is 1. The third-order valence-electron chi connectivity index (χ3n) is 6.59. The third kappa shape index (κ3) is 4.69. The number of piperazine rings is 1. The van der Waals surface area contributed by atoms with Gasteiger partial charge in [0.15, 0.2) is 0 Å². The van der Waals surface area contributed by atoms with Crippen LogP contribution in [0.25, 0.3) is 21.8 Å². The summed E-state index contributed by atoms with van der Waals surface area (Å²) in [6, 6.07) is 15.5. The normalized spacial score (nSPS) is 19.7. The number of aromatic amines is 1. The maximum absolute atomic E-state index is 12.3. The van der Waals surface area contributed by atoms with Gasteiger partial charge in [-0.3, -0.25) is 14.8 Å². The van der Waals surface area contributed by atoms with Crippen molar-refractivity contribution >= 4 is 51.3 Å². The maximum atomic E-state index is 12.3. The summed E-state index contributed by atoms with van der Waals surface area (Å²) in [5.41, 5.74) is 4.11. The monoisotopic (exact) mass is 496 g/mol. The van der Waals surface area contributed by atoms with E-state index in [4.69, 9.17) is 27.9 Å². The number of H-pyrrole nitrogens is 1. The molecule has 0 bridgehead atoms. The molecule has 2 aromatic heterocycles. The highest BCUT2D eigenvalue weighted by Gasteiger charge is 2.36. The van der Waals surface area contributed by atoms with Crippen molar-refractivity contribution in [2.75, 3.05) is 26.8 Å². The molecule has 5 rings (SSSR count). The van der Waals surface area contributed by atoms with Crippen molar-refractivity contribution in [2.45, 2.75) is 25.2 Å². The van der Waals surface area contributed by atoms with Gasteiger partial charge in [-0.1, -0.05) is 35.3 Å². The SMILES string of the molecule is COCC1C(C=O)N(Cc2ccc3c(Cl)ccnc3c2)CCN1Cc1cc2cc(Cl)ccc2[nH]1. The highest BCUT2D eigenvalue weighted by Crippen LogP contribution is 2.26. The van der Waals surface area contributed by atoms with E-state index in [0.717, 1.165) is 57.5 Å². The third-order valence-corrected chi connectivity index (χ3v) is 7.15. The van der Waals surface area contributed by atoms with E-state index < -0.39 is 0 Å². The zero-order valence-electron chi connectivity index (χ0n) is 18.9.